The van der Waals surface area contributed by atoms with Gasteiger partial charge in [0.05, 0.1) is 27.3 Å². The molecule has 4 aromatic rings. The number of anilines is 1. The van der Waals surface area contributed by atoms with Gasteiger partial charge in [-0.25, -0.2) is 4.98 Å². The van der Waals surface area contributed by atoms with Crippen molar-refractivity contribution in [1.29, 1.82) is 0 Å². The average Bonchev–Trinajstić information content (AvgIpc) is 2.84. The molecule has 0 saturated heterocycles. The molecule has 1 amide bonds. The summed E-state index contributed by atoms with van der Waals surface area (Å²) in [5.74, 6) is -0.361. The van der Waals surface area contributed by atoms with Crippen LogP contribution in [-0.2, 0) is 4.79 Å². The SMILES string of the molecule is Cc1ccc(NC(=O)CSc2nc3ccccc3c(=O)n2-c2ccccc2C(C)C)c([N+](=O)[O-])c1. The summed E-state index contributed by atoms with van der Waals surface area (Å²) in [6.07, 6.45) is 0. The minimum Gasteiger partial charge on any atom is -0.320 e. The number of aromatic nitrogens is 2. The molecule has 9 heteroatoms. The van der Waals surface area contributed by atoms with Crippen molar-refractivity contribution in [1.82, 2.24) is 9.55 Å². The molecule has 0 spiro atoms. The van der Waals surface area contributed by atoms with Crippen LogP contribution in [0.1, 0.15) is 30.9 Å². The van der Waals surface area contributed by atoms with E-state index in [0.717, 1.165) is 22.9 Å². The molecule has 0 bridgehead atoms. The van der Waals surface area contributed by atoms with Crippen LogP contribution in [0.4, 0.5) is 11.4 Å². The zero-order valence-electron chi connectivity index (χ0n) is 19.5. The van der Waals surface area contributed by atoms with Crippen LogP contribution in [0.15, 0.2) is 76.7 Å². The highest BCUT2D eigenvalue weighted by Gasteiger charge is 2.20. The summed E-state index contributed by atoms with van der Waals surface area (Å²) in [6.45, 7) is 5.84. The molecule has 178 valence electrons. The smallest absolute Gasteiger partial charge is 0.293 e. The molecule has 4 rings (SSSR count). The number of carbonyl (C=O) groups excluding carboxylic acids is 1. The maximum Gasteiger partial charge on any atom is 0.293 e. The van der Waals surface area contributed by atoms with E-state index in [9.17, 15) is 19.7 Å². The number of amides is 1. The lowest BCUT2D eigenvalue weighted by Gasteiger charge is -2.18. The van der Waals surface area contributed by atoms with Gasteiger partial charge in [-0.15, -0.1) is 0 Å². The van der Waals surface area contributed by atoms with Crippen LogP contribution < -0.4 is 10.9 Å². The maximum absolute atomic E-state index is 13.5. The Balaban J connectivity index is 1.71. The summed E-state index contributed by atoms with van der Waals surface area (Å²) in [6, 6.07) is 19.3. The van der Waals surface area contributed by atoms with Gasteiger partial charge in [0.25, 0.3) is 11.2 Å². The second-order valence-corrected chi connectivity index (χ2v) is 9.32. The predicted octanol–water partition coefficient (Wildman–Crippen LogP) is 5.46. The van der Waals surface area contributed by atoms with Gasteiger partial charge in [-0.3, -0.25) is 24.3 Å². The molecular weight excluding hydrogens is 464 g/mol. The number of benzene rings is 3. The average molecular weight is 489 g/mol. The van der Waals surface area contributed by atoms with E-state index in [2.05, 4.69) is 10.3 Å². The third kappa shape index (κ3) is 5.09. The Morgan fingerprint density at radius 2 is 1.83 bits per heavy atom. The lowest BCUT2D eigenvalue weighted by atomic mass is 10.0. The minimum absolute atomic E-state index is 0.0837. The number of nitrogens with one attached hydrogen (secondary N) is 1. The molecule has 0 atom stereocenters. The number of thioether (sulfide) groups is 1. The first kappa shape index (κ1) is 24.2. The first-order valence-corrected chi connectivity index (χ1v) is 12.0. The first-order valence-electron chi connectivity index (χ1n) is 11.0. The standard InChI is InChI=1S/C26H24N4O4S/c1-16(2)18-8-5-7-11-22(18)29-25(32)19-9-4-6-10-20(19)28-26(29)35-15-24(31)27-21-13-12-17(3)14-23(21)30(33)34/h4-14,16H,15H2,1-3H3,(H,27,31). The van der Waals surface area contributed by atoms with Crippen molar-refractivity contribution in [2.45, 2.75) is 31.8 Å². The van der Waals surface area contributed by atoms with Crippen LogP contribution in [0.25, 0.3) is 16.6 Å². The van der Waals surface area contributed by atoms with Crippen molar-refractivity contribution in [2.75, 3.05) is 11.1 Å². The fraction of sp³-hybridized carbons (Fsp3) is 0.192. The zero-order valence-corrected chi connectivity index (χ0v) is 20.3. The molecule has 0 saturated carbocycles. The molecular formula is C26H24N4O4S. The topological polar surface area (TPSA) is 107 Å². The Hall–Kier alpha value is -3.98. The van der Waals surface area contributed by atoms with Gasteiger partial charge in [0.2, 0.25) is 5.91 Å². The lowest BCUT2D eigenvalue weighted by Crippen LogP contribution is -2.24. The molecule has 8 nitrogen and oxygen atoms in total. The summed E-state index contributed by atoms with van der Waals surface area (Å²) in [4.78, 5) is 41.8. The van der Waals surface area contributed by atoms with E-state index < -0.39 is 10.8 Å². The highest BCUT2D eigenvalue weighted by Crippen LogP contribution is 2.28. The third-order valence-corrected chi connectivity index (χ3v) is 6.44. The van der Waals surface area contributed by atoms with Crippen molar-refractivity contribution in [2.24, 2.45) is 0 Å². The van der Waals surface area contributed by atoms with E-state index in [-0.39, 0.29) is 28.6 Å². The van der Waals surface area contributed by atoms with E-state index in [1.807, 2.05) is 38.1 Å². The van der Waals surface area contributed by atoms with Crippen molar-refractivity contribution in [3.63, 3.8) is 0 Å². The Bertz CT molecular complexity index is 1500. The molecule has 1 aromatic heterocycles. The Labute approximate surface area is 206 Å². The normalized spacial score (nSPS) is 11.1. The second kappa shape index (κ2) is 10.1. The lowest BCUT2D eigenvalue weighted by molar-refractivity contribution is -0.384. The van der Waals surface area contributed by atoms with Gasteiger partial charge in [-0.2, -0.15) is 0 Å². The highest BCUT2D eigenvalue weighted by molar-refractivity contribution is 7.99. The van der Waals surface area contributed by atoms with Crippen LogP contribution in [0.3, 0.4) is 0 Å². The van der Waals surface area contributed by atoms with E-state index in [1.54, 1.807) is 41.8 Å². The number of aryl methyl sites for hydroxylation is 1. The van der Waals surface area contributed by atoms with E-state index in [1.165, 1.54) is 12.1 Å². The fourth-order valence-corrected chi connectivity index (χ4v) is 4.62. The quantitative estimate of drug-likeness (QED) is 0.160. The summed E-state index contributed by atoms with van der Waals surface area (Å²) in [5.41, 5.74) is 2.68. The number of nitro benzene ring substituents is 1. The van der Waals surface area contributed by atoms with Gasteiger partial charge >= 0.3 is 0 Å². The van der Waals surface area contributed by atoms with E-state index in [0.29, 0.717) is 21.7 Å². The van der Waals surface area contributed by atoms with Gasteiger partial charge in [0.1, 0.15) is 5.69 Å². The Morgan fingerprint density at radius 1 is 1.11 bits per heavy atom. The predicted molar refractivity (Wildman–Crippen MR) is 139 cm³/mol. The molecule has 0 aliphatic carbocycles. The van der Waals surface area contributed by atoms with Crippen LogP contribution in [-0.4, -0.2) is 26.1 Å². The number of hydrogen-bond acceptors (Lipinski definition) is 6. The maximum atomic E-state index is 13.5. The minimum atomic E-state index is -0.527. The molecule has 1 N–H and O–H groups in total. The first-order chi connectivity index (χ1) is 16.8. The van der Waals surface area contributed by atoms with E-state index >= 15 is 0 Å². The summed E-state index contributed by atoms with van der Waals surface area (Å²) < 4.78 is 1.55. The van der Waals surface area contributed by atoms with Crippen molar-refractivity contribution in [3.8, 4) is 5.69 Å². The molecule has 0 aliphatic heterocycles. The number of hydrogen-bond donors (Lipinski definition) is 1. The van der Waals surface area contributed by atoms with Crippen LogP contribution in [0, 0.1) is 17.0 Å². The molecule has 3 aromatic carbocycles. The molecule has 0 radical (unpaired) electrons. The van der Waals surface area contributed by atoms with Crippen molar-refractivity contribution < 1.29 is 9.72 Å². The van der Waals surface area contributed by atoms with Gasteiger partial charge < -0.3 is 5.32 Å². The Morgan fingerprint density at radius 3 is 2.57 bits per heavy atom. The van der Waals surface area contributed by atoms with E-state index in [4.69, 9.17) is 0 Å². The summed E-state index contributed by atoms with van der Waals surface area (Å²) in [5, 5.41) is 14.9. The number of carbonyl (C=O) groups is 1. The number of nitro groups is 1. The molecule has 35 heavy (non-hydrogen) atoms. The third-order valence-electron chi connectivity index (χ3n) is 5.50. The second-order valence-electron chi connectivity index (χ2n) is 8.38. The number of nitrogens with zero attached hydrogens (tertiary/aromatic N) is 3. The fourth-order valence-electron chi connectivity index (χ4n) is 3.82. The highest BCUT2D eigenvalue weighted by atomic mass is 32.2. The largest absolute Gasteiger partial charge is 0.320 e. The van der Waals surface area contributed by atoms with Gasteiger partial charge in [-0.05, 0) is 48.2 Å². The van der Waals surface area contributed by atoms with Crippen LogP contribution >= 0.6 is 11.8 Å². The summed E-state index contributed by atoms with van der Waals surface area (Å²) >= 11 is 1.11. The summed E-state index contributed by atoms with van der Waals surface area (Å²) in [7, 11) is 0. The monoisotopic (exact) mass is 488 g/mol. The number of rotatable bonds is 7. The van der Waals surface area contributed by atoms with Crippen LogP contribution in [0.2, 0.25) is 0 Å². The molecule has 0 aliphatic rings. The molecule has 0 fully saturated rings. The zero-order chi connectivity index (χ0) is 25.1. The van der Waals surface area contributed by atoms with Crippen molar-refractivity contribution in [3.05, 3.63) is 98.3 Å². The van der Waals surface area contributed by atoms with Gasteiger partial charge in [0.15, 0.2) is 5.16 Å². The van der Waals surface area contributed by atoms with Crippen LogP contribution in [0.5, 0.6) is 0 Å². The number of para-hydroxylation sites is 2. The van der Waals surface area contributed by atoms with Gasteiger partial charge in [-0.1, -0.05) is 62.0 Å². The molecule has 1 heterocycles. The number of fused-ring (bicyclic) bond motifs is 1. The Kier molecular flexibility index (Phi) is 6.97. The van der Waals surface area contributed by atoms with Gasteiger partial charge in [0, 0.05) is 6.07 Å². The molecule has 0 unspecified atom stereocenters. The van der Waals surface area contributed by atoms with Crippen molar-refractivity contribution >= 4 is 39.9 Å².